The molecule has 0 aliphatic carbocycles. The predicted octanol–water partition coefficient (Wildman–Crippen LogP) is 4.78. The summed E-state index contributed by atoms with van der Waals surface area (Å²) in [7, 11) is 0. The van der Waals surface area contributed by atoms with Gasteiger partial charge in [0.05, 0.1) is 18.8 Å². The minimum absolute atomic E-state index is 0.217. The first kappa shape index (κ1) is 20.7. The van der Waals surface area contributed by atoms with Gasteiger partial charge in [0.15, 0.2) is 5.11 Å². The van der Waals surface area contributed by atoms with Gasteiger partial charge in [0.25, 0.3) is 5.91 Å². The Morgan fingerprint density at radius 3 is 2.63 bits per heavy atom. The molecule has 0 fully saturated rings. The third-order valence-corrected chi connectivity index (χ3v) is 3.97. The average Bonchev–Trinajstić information content (AvgIpc) is 2.66. The van der Waals surface area contributed by atoms with E-state index in [-0.39, 0.29) is 11.0 Å². The van der Waals surface area contributed by atoms with Crippen LogP contribution in [0.15, 0.2) is 48.5 Å². The Morgan fingerprint density at radius 1 is 1.04 bits per heavy atom. The number of carbonyl (C=O) groups is 1. The quantitative estimate of drug-likeness (QED) is 0.480. The highest BCUT2D eigenvalue weighted by Crippen LogP contribution is 2.19. The maximum absolute atomic E-state index is 12.6. The van der Waals surface area contributed by atoms with E-state index in [0.29, 0.717) is 24.5 Å². The van der Waals surface area contributed by atoms with Crippen LogP contribution >= 0.6 is 12.2 Å². The summed E-state index contributed by atoms with van der Waals surface area (Å²) >= 11 is 5.26. The van der Waals surface area contributed by atoms with Crippen molar-refractivity contribution in [1.29, 1.82) is 0 Å². The smallest absolute Gasteiger partial charge is 0.261 e. The number of anilines is 1. The molecule has 0 aromatic heterocycles. The molecule has 2 rings (SSSR count). The molecule has 27 heavy (non-hydrogen) atoms. The first-order chi connectivity index (χ1) is 13.1. The number of para-hydroxylation sites is 1. The van der Waals surface area contributed by atoms with Crippen molar-refractivity contribution in [2.75, 3.05) is 18.5 Å². The van der Waals surface area contributed by atoms with Crippen molar-refractivity contribution >= 4 is 28.9 Å². The van der Waals surface area contributed by atoms with Gasteiger partial charge in [-0.2, -0.15) is 0 Å². The molecule has 0 saturated carbocycles. The van der Waals surface area contributed by atoms with Crippen molar-refractivity contribution < 1.29 is 14.3 Å². The van der Waals surface area contributed by atoms with Crippen LogP contribution in [0.1, 0.15) is 43.5 Å². The third-order valence-electron chi connectivity index (χ3n) is 3.77. The molecule has 0 atom stereocenters. The number of hydrogen-bond donors (Lipinski definition) is 2. The predicted molar refractivity (Wildman–Crippen MR) is 113 cm³/mol. The van der Waals surface area contributed by atoms with Crippen LogP contribution in [0, 0.1) is 0 Å². The number of benzene rings is 2. The van der Waals surface area contributed by atoms with E-state index in [1.807, 2.05) is 37.3 Å². The molecule has 1 amide bonds. The Kier molecular flexibility index (Phi) is 8.58. The molecule has 0 aliphatic heterocycles. The summed E-state index contributed by atoms with van der Waals surface area (Å²) in [4.78, 5) is 12.6. The van der Waals surface area contributed by atoms with Gasteiger partial charge in [-0.1, -0.05) is 38.0 Å². The van der Waals surface area contributed by atoms with E-state index in [2.05, 4.69) is 17.6 Å². The van der Waals surface area contributed by atoms with Gasteiger partial charge in [0.1, 0.15) is 11.5 Å². The van der Waals surface area contributed by atoms with Crippen LogP contribution in [0.25, 0.3) is 0 Å². The standard InChI is InChI=1S/C21H26N2O3S/c1-3-5-8-14-26-19-13-7-6-12-18(19)20(24)23-21(27)22-16-10-9-11-17(15-16)25-4-2/h6-7,9-13,15H,3-5,8,14H2,1-2H3,(H2,22,23,24,27). The first-order valence-electron chi connectivity index (χ1n) is 9.21. The average molecular weight is 387 g/mol. The second kappa shape index (κ2) is 11.2. The van der Waals surface area contributed by atoms with Crippen molar-refractivity contribution in [3.63, 3.8) is 0 Å². The molecule has 2 N–H and O–H groups in total. The SMILES string of the molecule is CCCCCOc1ccccc1C(=O)NC(=S)Nc1cccc(OCC)c1. The summed E-state index contributed by atoms with van der Waals surface area (Å²) in [6.07, 6.45) is 3.18. The molecule has 0 unspecified atom stereocenters. The van der Waals surface area contributed by atoms with Gasteiger partial charge in [0, 0.05) is 11.8 Å². The Labute approximate surface area is 166 Å². The fraction of sp³-hybridized carbons (Fsp3) is 0.333. The topological polar surface area (TPSA) is 59.6 Å². The number of hydrogen-bond acceptors (Lipinski definition) is 4. The lowest BCUT2D eigenvalue weighted by molar-refractivity contribution is 0.0973. The monoisotopic (exact) mass is 386 g/mol. The van der Waals surface area contributed by atoms with Crippen LogP contribution in [0.5, 0.6) is 11.5 Å². The minimum Gasteiger partial charge on any atom is -0.494 e. The third kappa shape index (κ3) is 6.90. The van der Waals surface area contributed by atoms with E-state index >= 15 is 0 Å². The summed E-state index contributed by atoms with van der Waals surface area (Å²) in [6.45, 7) is 5.23. The number of amides is 1. The lowest BCUT2D eigenvalue weighted by Gasteiger charge is -2.13. The Bertz CT molecular complexity index is 765. The van der Waals surface area contributed by atoms with E-state index in [1.165, 1.54) is 0 Å². The van der Waals surface area contributed by atoms with Gasteiger partial charge in [-0.05, 0) is 49.8 Å². The van der Waals surface area contributed by atoms with Gasteiger partial charge >= 0.3 is 0 Å². The molecule has 0 bridgehead atoms. The first-order valence-corrected chi connectivity index (χ1v) is 9.62. The summed E-state index contributed by atoms with van der Waals surface area (Å²) in [6, 6.07) is 14.6. The van der Waals surface area contributed by atoms with E-state index in [4.69, 9.17) is 21.7 Å². The summed E-state index contributed by atoms with van der Waals surface area (Å²) in [5.74, 6) is 0.995. The van der Waals surface area contributed by atoms with Crippen molar-refractivity contribution in [2.45, 2.75) is 33.1 Å². The van der Waals surface area contributed by atoms with E-state index < -0.39 is 0 Å². The van der Waals surface area contributed by atoms with Crippen LogP contribution in [0.2, 0.25) is 0 Å². The van der Waals surface area contributed by atoms with Crippen molar-refractivity contribution in [2.24, 2.45) is 0 Å². The largest absolute Gasteiger partial charge is 0.494 e. The van der Waals surface area contributed by atoms with Crippen LogP contribution < -0.4 is 20.1 Å². The molecular weight excluding hydrogens is 360 g/mol. The number of carbonyl (C=O) groups excluding carboxylic acids is 1. The highest BCUT2D eigenvalue weighted by Gasteiger charge is 2.13. The zero-order valence-corrected chi connectivity index (χ0v) is 16.6. The van der Waals surface area contributed by atoms with Gasteiger partial charge in [-0.25, -0.2) is 0 Å². The maximum Gasteiger partial charge on any atom is 0.261 e. The molecule has 0 spiro atoms. The molecule has 144 valence electrons. The lowest BCUT2D eigenvalue weighted by Crippen LogP contribution is -2.34. The zero-order valence-electron chi connectivity index (χ0n) is 15.8. The second-order valence-electron chi connectivity index (χ2n) is 5.92. The van der Waals surface area contributed by atoms with Crippen molar-refractivity contribution in [3.05, 3.63) is 54.1 Å². The Balaban J connectivity index is 1.96. The van der Waals surface area contributed by atoms with Gasteiger partial charge in [0.2, 0.25) is 0 Å². The van der Waals surface area contributed by atoms with E-state index in [1.54, 1.807) is 18.2 Å². The number of nitrogens with one attached hydrogen (secondary N) is 2. The number of thiocarbonyl (C=S) groups is 1. The summed E-state index contributed by atoms with van der Waals surface area (Å²) in [5.41, 5.74) is 1.21. The van der Waals surface area contributed by atoms with Crippen LogP contribution in [0.3, 0.4) is 0 Å². The van der Waals surface area contributed by atoms with E-state index in [9.17, 15) is 4.79 Å². The molecule has 0 aliphatic rings. The Morgan fingerprint density at radius 2 is 1.85 bits per heavy atom. The van der Waals surface area contributed by atoms with Gasteiger partial charge < -0.3 is 14.8 Å². The Hall–Kier alpha value is -2.60. The van der Waals surface area contributed by atoms with Crippen molar-refractivity contribution in [1.82, 2.24) is 5.32 Å². The maximum atomic E-state index is 12.6. The highest BCUT2D eigenvalue weighted by molar-refractivity contribution is 7.80. The molecule has 2 aromatic carbocycles. The highest BCUT2D eigenvalue weighted by atomic mass is 32.1. The van der Waals surface area contributed by atoms with Crippen molar-refractivity contribution in [3.8, 4) is 11.5 Å². The lowest BCUT2D eigenvalue weighted by atomic mass is 10.2. The summed E-state index contributed by atoms with van der Waals surface area (Å²) < 4.78 is 11.2. The zero-order chi connectivity index (χ0) is 19.5. The second-order valence-corrected chi connectivity index (χ2v) is 6.33. The minimum atomic E-state index is -0.306. The van der Waals surface area contributed by atoms with Crippen LogP contribution in [-0.2, 0) is 0 Å². The molecule has 5 nitrogen and oxygen atoms in total. The number of unbranched alkanes of at least 4 members (excludes halogenated alkanes) is 2. The number of ether oxygens (including phenoxy) is 2. The van der Waals surface area contributed by atoms with Gasteiger partial charge in [-0.3, -0.25) is 10.1 Å². The van der Waals surface area contributed by atoms with Crippen LogP contribution in [-0.4, -0.2) is 24.2 Å². The molecule has 6 heteroatoms. The molecule has 2 aromatic rings. The molecule has 0 heterocycles. The fourth-order valence-corrected chi connectivity index (χ4v) is 2.69. The van der Waals surface area contributed by atoms with E-state index in [0.717, 1.165) is 30.7 Å². The fourth-order valence-electron chi connectivity index (χ4n) is 2.48. The van der Waals surface area contributed by atoms with Gasteiger partial charge in [-0.15, -0.1) is 0 Å². The molecular formula is C21H26N2O3S. The summed E-state index contributed by atoms with van der Waals surface area (Å²) in [5, 5.41) is 5.92. The molecule has 0 radical (unpaired) electrons. The normalized spacial score (nSPS) is 10.1. The number of rotatable bonds is 9. The van der Waals surface area contributed by atoms with Crippen LogP contribution in [0.4, 0.5) is 5.69 Å². The molecule has 0 saturated heterocycles.